The second kappa shape index (κ2) is 7.60. The first-order valence-electron chi connectivity index (χ1n) is 9.17. The molecule has 2 aromatic heterocycles. The summed E-state index contributed by atoms with van der Waals surface area (Å²) in [6, 6.07) is 7.36. The van der Waals surface area contributed by atoms with Gasteiger partial charge in [-0.1, -0.05) is 11.8 Å². The number of hydrogen-bond acceptors (Lipinski definition) is 8. The molecule has 2 aromatic rings. The first-order valence-corrected chi connectivity index (χ1v) is 11.0. The Hall–Kier alpha value is -2.72. The molecule has 3 aliphatic heterocycles. The minimum atomic E-state index is -0.451. The molecule has 0 saturated carbocycles. The van der Waals surface area contributed by atoms with Gasteiger partial charge < -0.3 is 13.7 Å². The monoisotopic (exact) mass is 427 g/mol. The molecule has 0 unspecified atom stereocenters. The Bertz CT molecular complexity index is 1050. The van der Waals surface area contributed by atoms with Crippen molar-refractivity contribution in [3.05, 3.63) is 47.6 Å². The first-order chi connectivity index (χ1) is 14.2. The van der Waals surface area contributed by atoms with Gasteiger partial charge in [-0.25, -0.2) is 0 Å². The van der Waals surface area contributed by atoms with E-state index in [-0.39, 0.29) is 11.4 Å². The molecule has 1 fully saturated rings. The molecule has 5 rings (SSSR count). The van der Waals surface area contributed by atoms with Crippen LogP contribution in [0.1, 0.15) is 24.4 Å². The number of carbonyl (C=O) groups excluding carboxylic acids is 1. The van der Waals surface area contributed by atoms with E-state index < -0.39 is 5.91 Å². The number of amides is 1. The maximum Gasteiger partial charge on any atom is 0.283 e. The van der Waals surface area contributed by atoms with Gasteiger partial charge in [-0.15, -0.1) is 5.10 Å². The number of aliphatic imine (C=N–C) groups is 1. The molecular formula is C19H17N5O3S2. The number of carbonyl (C=O) groups is 1. The third-order valence-electron chi connectivity index (χ3n) is 4.65. The van der Waals surface area contributed by atoms with Gasteiger partial charge >= 0.3 is 0 Å². The highest BCUT2D eigenvalue weighted by Gasteiger charge is 2.37. The molecule has 29 heavy (non-hydrogen) atoms. The zero-order valence-electron chi connectivity index (χ0n) is 15.3. The second-order valence-electron chi connectivity index (χ2n) is 6.62. The molecule has 0 aliphatic carbocycles. The lowest BCUT2D eigenvalue weighted by atomic mass is 10.1. The van der Waals surface area contributed by atoms with E-state index >= 15 is 0 Å². The quantitative estimate of drug-likeness (QED) is 0.585. The van der Waals surface area contributed by atoms with Crippen molar-refractivity contribution in [1.29, 1.82) is 5.41 Å². The summed E-state index contributed by atoms with van der Waals surface area (Å²) in [6.45, 7) is 1.89. The number of hydrogen-bond donors (Lipinski definition) is 1. The lowest BCUT2D eigenvalue weighted by molar-refractivity contribution is -0.114. The van der Waals surface area contributed by atoms with Crippen molar-refractivity contribution < 1.29 is 13.6 Å². The Morgan fingerprint density at radius 1 is 1.24 bits per heavy atom. The molecule has 0 spiro atoms. The number of fused-ring (bicyclic) bond motifs is 1. The Morgan fingerprint density at radius 3 is 2.90 bits per heavy atom. The largest absolute Gasteiger partial charge is 0.468 e. The summed E-state index contributed by atoms with van der Waals surface area (Å²) in [5.74, 6) is 1.57. The number of furan rings is 2. The highest BCUT2D eigenvalue weighted by Crippen LogP contribution is 2.31. The molecular weight excluding hydrogens is 410 g/mol. The van der Waals surface area contributed by atoms with E-state index in [1.54, 1.807) is 18.4 Å². The van der Waals surface area contributed by atoms with Crippen molar-refractivity contribution in [3.8, 4) is 0 Å². The molecule has 0 radical (unpaired) electrons. The van der Waals surface area contributed by atoms with E-state index in [1.165, 1.54) is 28.5 Å². The number of nitrogens with one attached hydrogen (secondary N) is 1. The maximum absolute atomic E-state index is 12.5. The number of thioether (sulfide) groups is 2. The highest BCUT2D eigenvalue weighted by atomic mass is 32.2. The van der Waals surface area contributed by atoms with E-state index in [0.29, 0.717) is 21.8 Å². The third kappa shape index (κ3) is 3.65. The fourth-order valence-corrected chi connectivity index (χ4v) is 4.90. The predicted molar refractivity (Wildman–Crippen MR) is 113 cm³/mol. The predicted octanol–water partition coefficient (Wildman–Crippen LogP) is 3.84. The van der Waals surface area contributed by atoms with Crippen molar-refractivity contribution in [3.63, 3.8) is 0 Å². The van der Waals surface area contributed by atoms with Gasteiger partial charge in [-0.3, -0.25) is 10.2 Å². The minimum Gasteiger partial charge on any atom is -0.468 e. The van der Waals surface area contributed by atoms with Crippen molar-refractivity contribution in [2.24, 2.45) is 10.1 Å². The Balaban J connectivity index is 1.33. The normalized spacial score (nSPS) is 20.5. The van der Waals surface area contributed by atoms with Crippen LogP contribution in [0.15, 0.2) is 60.1 Å². The van der Waals surface area contributed by atoms with Gasteiger partial charge in [0.15, 0.2) is 16.1 Å². The Morgan fingerprint density at radius 2 is 2.10 bits per heavy atom. The Labute approximate surface area is 175 Å². The van der Waals surface area contributed by atoms with Crippen LogP contribution in [-0.2, 0) is 10.5 Å². The van der Waals surface area contributed by atoms with Gasteiger partial charge in [-0.05, 0) is 54.9 Å². The summed E-state index contributed by atoms with van der Waals surface area (Å²) in [5.41, 5.74) is 0.165. The topological polar surface area (TPSA) is 98.4 Å². The molecule has 1 saturated heterocycles. The van der Waals surface area contributed by atoms with Crippen LogP contribution in [0.3, 0.4) is 0 Å². The van der Waals surface area contributed by atoms with Crippen molar-refractivity contribution in [2.75, 3.05) is 13.1 Å². The molecule has 10 heteroatoms. The summed E-state index contributed by atoms with van der Waals surface area (Å²) in [5, 5.41) is 16.3. The van der Waals surface area contributed by atoms with E-state index in [9.17, 15) is 4.79 Å². The van der Waals surface area contributed by atoms with E-state index in [0.717, 1.165) is 36.9 Å². The van der Waals surface area contributed by atoms with Crippen LogP contribution >= 0.6 is 23.5 Å². The standard InChI is InChI=1S/C19H17N5O3S2/c20-16-14(10-12-5-6-15(27-12)28-11-13-4-3-9-26-13)17(25)21-18-24(16)22-19(29-18)23-7-1-2-8-23/h3-6,9-10,20H,1-2,7-8,11H2/b14-10-,20-16?. The maximum atomic E-state index is 12.5. The van der Waals surface area contributed by atoms with Crippen molar-refractivity contribution in [2.45, 2.75) is 23.7 Å². The summed E-state index contributed by atoms with van der Waals surface area (Å²) < 4.78 is 11.1. The number of hydrazone groups is 1. The van der Waals surface area contributed by atoms with Crippen molar-refractivity contribution in [1.82, 2.24) is 9.91 Å². The van der Waals surface area contributed by atoms with Gasteiger partial charge in [0.2, 0.25) is 5.17 Å². The molecule has 0 aromatic carbocycles. The molecule has 148 valence electrons. The van der Waals surface area contributed by atoms with Crippen LogP contribution in [0, 0.1) is 5.41 Å². The smallest absolute Gasteiger partial charge is 0.283 e. The van der Waals surface area contributed by atoms with Gasteiger partial charge in [0.25, 0.3) is 5.91 Å². The summed E-state index contributed by atoms with van der Waals surface area (Å²) in [4.78, 5) is 18.8. The average molecular weight is 428 g/mol. The lowest BCUT2D eigenvalue weighted by Gasteiger charge is -2.19. The van der Waals surface area contributed by atoms with Crippen LogP contribution in [-0.4, -0.2) is 45.1 Å². The Kier molecular flexibility index (Phi) is 4.80. The molecule has 0 bridgehead atoms. The molecule has 5 heterocycles. The van der Waals surface area contributed by atoms with Crippen molar-refractivity contribution >= 4 is 51.7 Å². The van der Waals surface area contributed by atoms with Gasteiger partial charge in [-0.2, -0.15) is 10.0 Å². The number of nitrogens with zero attached hydrogens (tertiary/aromatic N) is 4. The van der Waals surface area contributed by atoms with Crippen LogP contribution in [0.25, 0.3) is 6.08 Å². The van der Waals surface area contributed by atoms with E-state index in [4.69, 9.17) is 14.2 Å². The van der Waals surface area contributed by atoms with Gasteiger partial charge in [0.1, 0.15) is 11.5 Å². The minimum absolute atomic E-state index is 0.0166. The molecule has 1 N–H and O–H groups in total. The fraction of sp³-hybridized carbons (Fsp3) is 0.263. The van der Waals surface area contributed by atoms with Crippen LogP contribution in [0.5, 0.6) is 0 Å². The molecule has 8 nitrogen and oxygen atoms in total. The highest BCUT2D eigenvalue weighted by molar-refractivity contribution is 8.26. The van der Waals surface area contributed by atoms with E-state index in [1.807, 2.05) is 18.2 Å². The van der Waals surface area contributed by atoms with Gasteiger partial charge in [0, 0.05) is 13.1 Å². The zero-order chi connectivity index (χ0) is 19.8. The second-order valence-corrected chi connectivity index (χ2v) is 8.54. The molecule has 1 amide bonds. The first kappa shape index (κ1) is 18.3. The van der Waals surface area contributed by atoms with Crippen LogP contribution in [0.2, 0.25) is 0 Å². The van der Waals surface area contributed by atoms with Gasteiger partial charge in [0.05, 0.1) is 17.6 Å². The number of amidine groups is 3. The SMILES string of the molecule is N=C1/C(=C/c2ccc(SCc3ccco3)o2)C(=O)N=C2SC(N3CCCC3)=NN12. The lowest BCUT2D eigenvalue weighted by Crippen LogP contribution is -2.35. The molecule has 0 atom stereocenters. The summed E-state index contributed by atoms with van der Waals surface area (Å²) >= 11 is 2.84. The zero-order valence-corrected chi connectivity index (χ0v) is 17.0. The summed E-state index contributed by atoms with van der Waals surface area (Å²) in [6.07, 6.45) is 5.45. The third-order valence-corrected chi connectivity index (χ3v) is 6.55. The number of rotatable bonds is 4. The summed E-state index contributed by atoms with van der Waals surface area (Å²) in [7, 11) is 0. The molecule has 3 aliphatic rings. The van der Waals surface area contributed by atoms with E-state index in [2.05, 4.69) is 15.0 Å². The van der Waals surface area contributed by atoms with Crippen LogP contribution < -0.4 is 0 Å². The van der Waals surface area contributed by atoms with Crippen LogP contribution in [0.4, 0.5) is 0 Å². The average Bonchev–Trinajstić information content (AvgIpc) is 3.50. The fourth-order valence-electron chi connectivity index (χ4n) is 3.19. The number of likely N-dealkylation sites (tertiary alicyclic amines) is 1.